The number of aliphatic hydroxyl groups is 1. The zero-order chi connectivity index (χ0) is 15.9. The van der Waals surface area contributed by atoms with Crippen molar-refractivity contribution in [1.29, 1.82) is 0 Å². The molecule has 2 heterocycles. The van der Waals surface area contributed by atoms with Crippen LogP contribution in [0.4, 0.5) is 5.69 Å². The molecule has 118 valence electrons. The summed E-state index contributed by atoms with van der Waals surface area (Å²) in [6.07, 6.45) is 1.37. The predicted molar refractivity (Wildman–Crippen MR) is 91.7 cm³/mol. The van der Waals surface area contributed by atoms with Gasteiger partial charge >= 0.3 is 0 Å². The number of anilines is 1. The zero-order valence-corrected chi connectivity index (χ0v) is 13.8. The molecule has 0 unspecified atom stereocenters. The summed E-state index contributed by atoms with van der Waals surface area (Å²) in [5.41, 5.74) is 9.17. The second kappa shape index (κ2) is 5.69. The van der Waals surface area contributed by atoms with Crippen LogP contribution >= 0.6 is 11.6 Å². The van der Waals surface area contributed by atoms with Crippen molar-refractivity contribution < 1.29 is 5.11 Å². The maximum atomic E-state index is 10.3. The summed E-state index contributed by atoms with van der Waals surface area (Å²) in [6.45, 7) is 6.02. The highest BCUT2D eigenvalue weighted by atomic mass is 35.5. The lowest BCUT2D eigenvalue weighted by Gasteiger charge is -2.39. The summed E-state index contributed by atoms with van der Waals surface area (Å²) in [4.78, 5) is 6.97. The average Bonchev–Trinajstić information content (AvgIpc) is 2.51. The first-order valence-corrected chi connectivity index (χ1v) is 8.06. The Morgan fingerprint density at radius 1 is 1.32 bits per heavy atom. The third kappa shape index (κ3) is 2.56. The highest BCUT2D eigenvalue weighted by molar-refractivity contribution is 6.35. The van der Waals surface area contributed by atoms with Crippen LogP contribution in [0.15, 0.2) is 18.2 Å². The van der Waals surface area contributed by atoms with Crippen molar-refractivity contribution in [2.45, 2.75) is 32.3 Å². The van der Waals surface area contributed by atoms with E-state index in [1.54, 1.807) is 0 Å². The molecule has 0 bridgehead atoms. The Morgan fingerprint density at radius 3 is 2.64 bits per heavy atom. The van der Waals surface area contributed by atoms with E-state index in [-0.39, 0.29) is 0 Å². The quantitative estimate of drug-likeness (QED) is 0.893. The van der Waals surface area contributed by atoms with Crippen LogP contribution in [-0.2, 0) is 0 Å². The van der Waals surface area contributed by atoms with Crippen LogP contribution in [-0.4, -0.2) is 35.3 Å². The van der Waals surface area contributed by atoms with Gasteiger partial charge < -0.3 is 15.7 Å². The second-order valence-electron chi connectivity index (χ2n) is 6.22. The molecule has 0 radical (unpaired) electrons. The number of benzene rings is 1. The lowest BCUT2D eigenvalue weighted by atomic mass is 9.90. The zero-order valence-electron chi connectivity index (χ0n) is 13.1. The summed E-state index contributed by atoms with van der Waals surface area (Å²) in [5.74, 6) is 0. The SMILES string of the molecule is Cc1nc2c(Cl)cccc2c(N2CCC(O)(CN)CC2)c1C. The largest absolute Gasteiger partial charge is 0.388 e. The molecule has 0 saturated carbocycles. The van der Waals surface area contributed by atoms with E-state index in [0.717, 1.165) is 29.7 Å². The first kappa shape index (κ1) is 15.5. The maximum Gasteiger partial charge on any atom is 0.0912 e. The van der Waals surface area contributed by atoms with Crippen LogP contribution in [0.25, 0.3) is 10.9 Å². The Balaban J connectivity index is 2.07. The van der Waals surface area contributed by atoms with Crippen LogP contribution in [0.5, 0.6) is 0 Å². The number of fused-ring (bicyclic) bond motifs is 1. The van der Waals surface area contributed by atoms with Gasteiger partial charge in [-0.1, -0.05) is 23.7 Å². The van der Waals surface area contributed by atoms with Gasteiger partial charge in [0.05, 0.1) is 21.8 Å². The topological polar surface area (TPSA) is 62.4 Å². The van der Waals surface area contributed by atoms with Crippen molar-refractivity contribution in [2.24, 2.45) is 5.73 Å². The molecule has 3 rings (SSSR count). The number of para-hydroxylation sites is 1. The van der Waals surface area contributed by atoms with Gasteiger partial charge in [0.1, 0.15) is 0 Å². The highest BCUT2D eigenvalue weighted by Gasteiger charge is 2.32. The molecule has 1 aromatic heterocycles. The summed E-state index contributed by atoms with van der Waals surface area (Å²) in [5, 5.41) is 12.1. The van der Waals surface area contributed by atoms with Gasteiger partial charge in [0, 0.05) is 30.7 Å². The molecule has 1 fully saturated rings. The Bertz CT molecular complexity index is 709. The van der Waals surface area contributed by atoms with Gasteiger partial charge in [-0.25, -0.2) is 0 Å². The van der Waals surface area contributed by atoms with Crippen molar-refractivity contribution in [3.05, 3.63) is 34.5 Å². The molecule has 1 aromatic carbocycles. The van der Waals surface area contributed by atoms with E-state index in [1.165, 1.54) is 11.3 Å². The van der Waals surface area contributed by atoms with Crippen molar-refractivity contribution in [1.82, 2.24) is 4.98 Å². The molecule has 0 spiro atoms. The molecule has 1 aliphatic heterocycles. The molecular formula is C17H22ClN3O. The van der Waals surface area contributed by atoms with Crippen molar-refractivity contribution in [3.8, 4) is 0 Å². The molecule has 1 saturated heterocycles. The van der Waals surface area contributed by atoms with Gasteiger partial charge in [0.15, 0.2) is 0 Å². The summed E-state index contributed by atoms with van der Waals surface area (Å²) >= 11 is 6.32. The summed E-state index contributed by atoms with van der Waals surface area (Å²) in [6, 6.07) is 5.91. The van der Waals surface area contributed by atoms with Gasteiger partial charge in [-0.15, -0.1) is 0 Å². The Hall–Kier alpha value is -1.36. The van der Waals surface area contributed by atoms with Crippen molar-refractivity contribution in [3.63, 3.8) is 0 Å². The number of aryl methyl sites for hydroxylation is 1. The van der Waals surface area contributed by atoms with Gasteiger partial charge in [0.2, 0.25) is 0 Å². The fourth-order valence-corrected chi connectivity index (χ4v) is 3.42. The Kier molecular flexibility index (Phi) is 4.02. The van der Waals surface area contributed by atoms with Gasteiger partial charge in [-0.3, -0.25) is 4.98 Å². The first-order valence-electron chi connectivity index (χ1n) is 7.68. The fraction of sp³-hybridized carbons (Fsp3) is 0.471. The third-order valence-corrected chi connectivity index (χ3v) is 5.11. The van der Waals surface area contributed by atoms with Crippen LogP contribution in [0.3, 0.4) is 0 Å². The minimum atomic E-state index is -0.722. The molecule has 1 aliphatic rings. The van der Waals surface area contributed by atoms with E-state index in [9.17, 15) is 5.11 Å². The van der Waals surface area contributed by atoms with Crippen LogP contribution < -0.4 is 10.6 Å². The summed E-state index contributed by atoms with van der Waals surface area (Å²) in [7, 11) is 0. The average molecular weight is 320 g/mol. The lowest BCUT2D eigenvalue weighted by molar-refractivity contribution is 0.0250. The molecule has 5 heteroatoms. The van der Waals surface area contributed by atoms with Crippen LogP contribution in [0.2, 0.25) is 5.02 Å². The molecular weight excluding hydrogens is 298 g/mol. The standard InChI is InChI=1S/C17H22ClN3O/c1-11-12(2)20-15-13(4-3-5-14(15)18)16(11)21-8-6-17(22,10-19)7-9-21/h3-5,22H,6-10,19H2,1-2H3. The van der Waals surface area contributed by atoms with Crippen molar-refractivity contribution in [2.75, 3.05) is 24.5 Å². The number of hydrogen-bond donors (Lipinski definition) is 2. The van der Waals surface area contributed by atoms with E-state index in [0.29, 0.717) is 24.4 Å². The van der Waals surface area contributed by atoms with Gasteiger partial charge in [-0.2, -0.15) is 0 Å². The molecule has 2 aromatic rings. The number of pyridine rings is 1. The predicted octanol–water partition coefficient (Wildman–Crippen LogP) is 2.80. The van der Waals surface area contributed by atoms with E-state index < -0.39 is 5.60 Å². The normalized spacial score (nSPS) is 18.0. The highest BCUT2D eigenvalue weighted by Crippen LogP contribution is 2.36. The smallest absolute Gasteiger partial charge is 0.0912 e. The van der Waals surface area contributed by atoms with E-state index >= 15 is 0 Å². The fourth-order valence-electron chi connectivity index (χ4n) is 3.20. The van der Waals surface area contributed by atoms with E-state index in [2.05, 4.69) is 22.9 Å². The Labute approximate surface area is 135 Å². The van der Waals surface area contributed by atoms with Crippen LogP contribution in [0, 0.1) is 13.8 Å². The molecule has 0 atom stereocenters. The molecule has 0 amide bonds. The van der Waals surface area contributed by atoms with Gasteiger partial charge in [-0.05, 0) is 38.3 Å². The summed E-state index contributed by atoms with van der Waals surface area (Å²) < 4.78 is 0. The molecule has 22 heavy (non-hydrogen) atoms. The van der Waals surface area contributed by atoms with Gasteiger partial charge in [0.25, 0.3) is 0 Å². The van der Waals surface area contributed by atoms with E-state index in [4.69, 9.17) is 17.3 Å². The molecule has 0 aliphatic carbocycles. The number of halogens is 1. The van der Waals surface area contributed by atoms with Crippen LogP contribution in [0.1, 0.15) is 24.1 Å². The number of piperidine rings is 1. The number of hydrogen-bond acceptors (Lipinski definition) is 4. The van der Waals surface area contributed by atoms with E-state index in [1.807, 2.05) is 19.1 Å². The molecule has 3 N–H and O–H groups in total. The maximum absolute atomic E-state index is 10.3. The molecule has 4 nitrogen and oxygen atoms in total. The lowest BCUT2D eigenvalue weighted by Crippen LogP contribution is -2.49. The second-order valence-corrected chi connectivity index (χ2v) is 6.63. The Morgan fingerprint density at radius 2 is 2.00 bits per heavy atom. The minimum absolute atomic E-state index is 0.321. The number of nitrogens with zero attached hydrogens (tertiary/aromatic N) is 2. The monoisotopic (exact) mass is 319 g/mol. The number of rotatable bonds is 2. The number of nitrogens with two attached hydrogens (primary N) is 1. The minimum Gasteiger partial charge on any atom is -0.388 e. The van der Waals surface area contributed by atoms with Crippen molar-refractivity contribution >= 4 is 28.2 Å². The third-order valence-electron chi connectivity index (χ3n) is 4.81. The first-order chi connectivity index (χ1) is 10.4. The number of aromatic nitrogens is 1.